The molecule has 9 heteroatoms. The summed E-state index contributed by atoms with van der Waals surface area (Å²) in [6, 6.07) is 5.62. The first-order chi connectivity index (χ1) is 11.3. The second-order valence-electron chi connectivity index (χ2n) is 5.36. The Morgan fingerprint density at radius 1 is 1.12 bits per heavy atom. The largest absolute Gasteiger partial charge is 0.322 e. The first kappa shape index (κ1) is 16.3. The summed E-state index contributed by atoms with van der Waals surface area (Å²) in [6.07, 6.45) is 2.49. The van der Waals surface area contributed by atoms with E-state index >= 15 is 0 Å². The van der Waals surface area contributed by atoms with E-state index in [2.05, 4.69) is 15.0 Å². The lowest BCUT2D eigenvalue weighted by Crippen LogP contribution is -2.19. The van der Waals surface area contributed by atoms with Crippen LogP contribution in [-0.2, 0) is 10.0 Å². The Kier molecular flexibility index (Phi) is 4.18. The van der Waals surface area contributed by atoms with Crippen LogP contribution in [-0.4, -0.2) is 24.6 Å². The quantitative estimate of drug-likeness (QED) is 0.864. The highest BCUT2D eigenvalue weighted by molar-refractivity contribution is 7.93. The number of nitrogens with zero attached hydrogens (tertiary/aromatic N) is 1. The van der Waals surface area contributed by atoms with E-state index in [1.807, 2.05) is 0 Å². The number of aromatic nitrogens is 1. The van der Waals surface area contributed by atoms with Crippen molar-refractivity contribution in [2.45, 2.75) is 18.1 Å². The lowest BCUT2D eigenvalue weighted by Gasteiger charge is -2.09. The maximum atomic E-state index is 13.2. The van der Waals surface area contributed by atoms with E-state index in [4.69, 9.17) is 0 Å². The topological polar surface area (TPSA) is 88.2 Å². The predicted octanol–water partition coefficient (Wildman–Crippen LogP) is 2.52. The Morgan fingerprint density at radius 2 is 1.88 bits per heavy atom. The minimum Gasteiger partial charge on any atom is -0.322 e. The van der Waals surface area contributed by atoms with Gasteiger partial charge in [-0.05, 0) is 37.1 Å². The van der Waals surface area contributed by atoms with E-state index in [0.29, 0.717) is 12.8 Å². The Balaban J connectivity index is 1.75. The van der Waals surface area contributed by atoms with Crippen LogP contribution in [0.1, 0.15) is 23.2 Å². The normalized spacial score (nSPS) is 14.2. The number of halogens is 2. The van der Waals surface area contributed by atoms with Gasteiger partial charge in [-0.1, -0.05) is 0 Å². The molecule has 0 radical (unpaired) electrons. The predicted molar refractivity (Wildman–Crippen MR) is 84.1 cm³/mol. The number of amides is 1. The molecule has 6 nitrogen and oxygen atoms in total. The zero-order valence-electron chi connectivity index (χ0n) is 12.3. The van der Waals surface area contributed by atoms with E-state index in [1.165, 1.54) is 24.4 Å². The van der Waals surface area contributed by atoms with Gasteiger partial charge in [-0.2, -0.15) is 0 Å². The third kappa shape index (κ3) is 3.67. The maximum absolute atomic E-state index is 13.2. The molecule has 0 atom stereocenters. The Labute approximate surface area is 137 Å². The first-order valence-corrected chi connectivity index (χ1v) is 8.64. The molecule has 1 heterocycles. The fraction of sp³-hybridized carbons (Fsp3) is 0.200. The monoisotopic (exact) mass is 353 g/mol. The van der Waals surface area contributed by atoms with Crippen LogP contribution in [0.3, 0.4) is 0 Å². The molecule has 126 valence electrons. The molecule has 1 aromatic carbocycles. The average molecular weight is 353 g/mol. The smallest absolute Gasteiger partial charge is 0.255 e. The summed E-state index contributed by atoms with van der Waals surface area (Å²) in [5.41, 5.74) is 0.207. The lowest BCUT2D eigenvalue weighted by atomic mass is 10.2. The van der Waals surface area contributed by atoms with Gasteiger partial charge in [0.1, 0.15) is 5.82 Å². The lowest BCUT2D eigenvalue weighted by molar-refractivity contribution is 0.102. The van der Waals surface area contributed by atoms with Gasteiger partial charge in [0, 0.05) is 23.5 Å². The van der Waals surface area contributed by atoms with Crippen LogP contribution >= 0.6 is 0 Å². The first-order valence-electron chi connectivity index (χ1n) is 7.09. The number of carbonyl (C=O) groups excluding carboxylic acids is 1. The minimum atomic E-state index is -3.49. The zero-order chi connectivity index (χ0) is 17.3. The third-order valence-electron chi connectivity index (χ3n) is 3.41. The molecule has 0 bridgehead atoms. The number of rotatable bonds is 5. The highest BCUT2D eigenvalue weighted by atomic mass is 32.2. The standard InChI is InChI=1S/C15H13F2N3O3S/c16-12-4-1-10(8-13(12)17)19-15(21)9-5-6-18-14(7-9)20-24(22,23)11-2-3-11/h1,4-8,11H,2-3H2,(H,18,20)(H,19,21). The van der Waals surface area contributed by atoms with Crippen molar-refractivity contribution in [3.8, 4) is 0 Å². The molecule has 0 saturated heterocycles. The van der Waals surface area contributed by atoms with Gasteiger partial charge in [0.05, 0.1) is 5.25 Å². The van der Waals surface area contributed by atoms with E-state index < -0.39 is 32.8 Å². The Bertz CT molecular complexity index is 899. The average Bonchev–Trinajstić information content (AvgIpc) is 3.36. The summed E-state index contributed by atoms with van der Waals surface area (Å²) in [4.78, 5) is 16.0. The number of hydrogen-bond donors (Lipinski definition) is 2. The van der Waals surface area contributed by atoms with Crippen LogP contribution in [0.2, 0.25) is 0 Å². The fourth-order valence-electron chi connectivity index (χ4n) is 2.01. The number of benzene rings is 1. The molecule has 1 aliphatic rings. The third-order valence-corrected chi connectivity index (χ3v) is 5.25. The number of nitrogens with one attached hydrogen (secondary N) is 2. The van der Waals surface area contributed by atoms with Gasteiger partial charge < -0.3 is 5.32 Å². The van der Waals surface area contributed by atoms with Crippen LogP contribution in [0.25, 0.3) is 0 Å². The summed E-state index contributed by atoms with van der Waals surface area (Å²) in [5, 5.41) is 1.98. The molecule has 1 fully saturated rings. The Morgan fingerprint density at radius 3 is 2.54 bits per heavy atom. The highest BCUT2D eigenvalue weighted by Crippen LogP contribution is 2.29. The summed E-state index contributed by atoms with van der Waals surface area (Å²) in [7, 11) is -3.49. The molecule has 2 N–H and O–H groups in total. The van der Waals surface area contributed by atoms with E-state index in [1.54, 1.807) is 0 Å². The van der Waals surface area contributed by atoms with Crippen molar-refractivity contribution in [1.29, 1.82) is 0 Å². The SMILES string of the molecule is O=C(Nc1ccc(F)c(F)c1)c1ccnc(NS(=O)(=O)C2CC2)c1. The van der Waals surface area contributed by atoms with E-state index in [-0.39, 0.29) is 17.1 Å². The van der Waals surface area contributed by atoms with Gasteiger partial charge in [0.2, 0.25) is 10.0 Å². The van der Waals surface area contributed by atoms with E-state index in [0.717, 1.165) is 12.1 Å². The molecule has 0 unspecified atom stereocenters. The molecule has 1 amide bonds. The van der Waals surface area contributed by atoms with Gasteiger partial charge >= 0.3 is 0 Å². The van der Waals surface area contributed by atoms with Gasteiger partial charge in [0.15, 0.2) is 11.6 Å². The second kappa shape index (κ2) is 6.16. The molecule has 2 aromatic rings. The van der Waals surface area contributed by atoms with Crippen molar-refractivity contribution in [2.75, 3.05) is 10.0 Å². The van der Waals surface area contributed by atoms with Gasteiger partial charge in [0.25, 0.3) is 5.91 Å². The molecule has 1 saturated carbocycles. The van der Waals surface area contributed by atoms with Crippen molar-refractivity contribution in [2.24, 2.45) is 0 Å². The number of pyridine rings is 1. The summed E-state index contributed by atoms with van der Waals surface area (Å²) in [5.74, 6) is -2.68. The molecule has 0 spiro atoms. The van der Waals surface area contributed by atoms with Crippen molar-refractivity contribution in [3.63, 3.8) is 0 Å². The van der Waals surface area contributed by atoms with Gasteiger partial charge in [-0.25, -0.2) is 22.2 Å². The van der Waals surface area contributed by atoms with Crippen LogP contribution < -0.4 is 10.0 Å². The number of anilines is 2. The highest BCUT2D eigenvalue weighted by Gasteiger charge is 2.36. The molecular formula is C15H13F2N3O3S. The van der Waals surface area contributed by atoms with Crippen LogP contribution in [0.5, 0.6) is 0 Å². The van der Waals surface area contributed by atoms with Gasteiger partial charge in [-0.3, -0.25) is 9.52 Å². The molecule has 1 aromatic heterocycles. The van der Waals surface area contributed by atoms with Crippen molar-refractivity contribution in [3.05, 3.63) is 53.7 Å². The summed E-state index contributed by atoms with van der Waals surface area (Å²) < 4.78 is 52.1. The Hall–Kier alpha value is -2.55. The number of sulfonamides is 1. The molecular weight excluding hydrogens is 340 g/mol. The van der Waals surface area contributed by atoms with Crippen molar-refractivity contribution in [1.82, 2.24) is 4.98 Å². The van der Waals surface area contributed by atoms with Crippen molar-refractivity contribution < 1.29 is 22.0 Å². The summed E-state index contributed by atoms with van der Waals surface area (Å²) >= 11 is 0. The maximum Gasteiger partial charge on any atom is 0.255 e. The fourth-order valence-corrected chi connectivity index (χ4v) is 3.34. The second-order valence-corrected chi connectivity index (χ2v) is 7.32. The molecule has 1 aliphatic carbocycles. The van der Waals surface area contributed by atoms with Crippen LogP contribution in [0.15, 0.2) is 36.5 Å². The van der Waals surface area contributed by atoms with Gasteiger partial charge in [-0.15, -0.1) is 0 Å². The zero-order valence-corrected chi connectivity index (χ0v) is 13.1. The van der Waals surface area contributed by atoms with Crippen LogP contribution in [0.4, 0.5) is 20.3 Å². The number of carbonyl (C=O) groups is 1. The van der Waals surface area contributed by atoms with E-state index in [9.17, 15) is 22.0 Å². The van der Waals surface area contributed by atoms with Crippen molar-refractivity contribution >= 4 is 27.4 Å². The minimum absolute atomic E-state index is 0.0276. The van der Waals surface area contributed by atoms with Crippen LogP contribution in [0, 0.1) is 11.6 Å². The molecule has 3 rings (SSSR count). The molecule has 0 aliphatic heterocycles. The summed E-state index contributed by atoms with van der Waals surface area (Å²) in [6.45, 7) is 0. The molecule has 24 heavy (non-hydrogen) atoms. The number of hydrogen-bond acceptors (Lipinski definition) is 4.